The van der Waals surface area contributed by atoms with Gasteiger partial charge in [0.1, 0.15) is 24.7 Å². The van der Waals surface area contributed by atoms with E-state index >= 15 is 0 Å². The van der Waals surface area contributed by atoms with Crippen molar-refractivity contribution in [3.63, 3.8) is 0 Å². The first-order chi connectivity index (χ1) is 20.4. The van der Waals surface area contributed by atoms with Crippen LogP contribution in [0.2, 0.25) is 5.02 Å². The maximum absolute atomic E-state index is 12.5. The van der Waals surface area contributed by atoms with E-state index in [1.807, 2.05) is 54.6 Å². The van der Waals surface area contributed by atoms with Gasteiger partial charge in [-0.2, -0.15) is 5.10 Å². The van der Waals surface area contributed by atoms with Gasteiger partial charge in [0.15, 0.2) is 17.3 Å². The Labute approximate surface area is 249 Å². The maximum atomic E-state index is 12.5. The van der Waals surface area contributed by atoms with Gasteiger partial charge in [-0.25, -0.2) is 5.43 Å². The highest BCUT2D eigenvalue weighted by atomic mass is 35.5. The van der Waals surface area contributed by atoms with Crippen LogP contribution in [0.15, 0.2) is 101 Å². The Morgan fingerprint density at radius 1 is 0.881 bits per heavy atom. The molecule has 0 unspecified atom stereocenters. The Hall–Kier alpha value is -4.95. The van der Waals surface area contributed by atoms with E-state index in [4.69, 9.17) is 30.2 Å². The minimum atomic E-state index is -0.478. The van der Waals surface area contributed by atoms with Crippen LogP contribution < -0.4 is 19.6 Å². The SMILES string of the molecule is COc1cc(C=NNC(=O)c2ccc(COc3ccc(-n4c(C)ccc4C)cc3)o2)ccc1OCc1ccc(Cl)cc1. The number of carbonyl (C=O) groups excluding carboxylic acids is 1. The number of nitrogens with zero attached hydrogens (tertiary/aromatic N) is 2. The normalized spacial score (nSPS) is 11.0. The van der Waals surface area contributed by atoms with Crippen molar-refractivity contribution in [1.82, 2.24) is 9.99 Å². The Kier molecular flexibility index (Phi) is 8.94. The number of aryl methyl sites for hydroxylation is 2. The number of nitrogens with one attached hydrogen (secondary N) is 1. The molecule has 42 heavy (non-hydrogen) atoms. The van der Waals surface area contributed by atoms with Gasteiger partial charge < -0.3 is 23.2 Å². The van der Waals surface area contributed by atoms with Crippen LogP contribution >= 0.6 is 11.6 Å². The minimum absolute atomic E-state index is 0.128. The fraction of sp³-hybridized carbons (Fsp3) is 0.152. The molecule has 9 heteroatoms. The fourth-order valence-electron chi connectivity index (χ4n) is 4.35. The number of halogens is 1. The lowest BCUT2D eigenvalue weighted by Gasteiger charge is -2.11. The molecule has 5 rings (SSSR count). The lowest BCUT2D eigenvalue weighted by Crippen LogP contribution is -2.16. The molecule has 0 bridgehead atoms. The van der Waals surface area contributed by atoms with Crippen molar-refractivity contribution in [3.8, 4) is 22.9 Å². The van der Waals surface area contributed by atoms with Gasteiger partial charge in [-0.1, -0.05) is 23.7 Å². The molecule has 214 valence electrons. The number of hydrazone groups is 1. The summed E-state index contributed by atoms with van der Waals surface area (Å²) in [7, 11) is 1.56. The molecule has 2 heterocycles. The molecule has 0 spiro atoms. The topological polar surface area (TPSA) is 87.2 Å². The summed E-state index contributed by atoms with van der Waals surface area (Å²) in [6.45, 7) is 4.70. The molecule has 0 fully saturated rings. The van der Waals surface area contributed by atoms with Gasteiger partial charge >= 0.3 is 5.91 Å². The van der Waals surface area contributed by atoms with Crippen molar-refractivity contribution >= 4 is 23.7 Å². The third-order valence-electron chi connectivity index (χ3n) is 6.51. The summed E-state index contributed by atoms with van der Waals surface area (Å²) >= 11 is 5.94. The minimum Gasteiger partial charge on any atom is -0.493 e. The molecular weight excluding hydrogens is 554 g/mol. The summed E-state index contributed by atoms with van der Waals surface area (Å²) < 4.78 is 25.0. The number of carbonyl (C=O) groups is 1. The Bertz CT molecular complexity index is 1670. The predicted octanol–water partition coefficient (Wildman–Crippen LogP) is 7.27. The molecule has 0 saturated heterocycles. The number of methoxy groups -OCH3 is 1. The molecule has 0 aliphatic heterocycles. The highest BCUT2D eigenvalue weighted by Gasteiger charge is 2.12. The van der Waals surface area contributed by atoms with Crippen LogP contribution in [0, 0.1) is 13.8 Å². The van der Waals surface area contributed by atoms with E-state index < -0.39 is 5.91 Å². The van der Waals surface area contributed by atoms with Crippen LogP contribution in [0.4, 0.5) is 0 Å². The van der Waals surface area contributed by atoms with Crippen LogP contribution in [-0.2, 0) is 13.2 Å². The van der Waals surface area contributed by atoms with E-state index in [-0.39, 0.29) is 12.4 Å². The van der Waals surface area contributed by atoms with E-state index in [2.05, 4.69) is 41.1 Å². The molecule has 0 atom stereocenters. The van der Waals surface area contributed by atoms with Crippen molar-refractivity contribution in [1.29, 1.82) is 0 Å². The number of hydrogen-bond donors (Lipinski definition) is 1. The van der Waals surface area contributed by atoms with E-state index in [1.54, 1.807) is 31.4 Å². The smallest absolute Gasteiger partial charge is 0.307 e. The van der Waals surface area contributed by atoms with E-state index in [0.717, 1.165) is 11.3 Å². The van der Waals surface area contributed by atoms with Crippen molar-refractivity contribution in [3.05, 3.63) is 130 Å². The molecule has 2 aromatic heterocycles. The zero-order chi connectivity index (χ0) is 29.5. The number of aromatic nitrogens is 1. The van der Waals surface area contributed by atoms with Crippen molar-refractivity contribution in [2.75, 3.05) is 7.11 Å². The molecule has 3 aromatic carbocycles. The van der Waals surface area contributed by atoms with Crippen LogP contribution in [-0.4, -0.2) is 23.8 Å². The quantitative estimate of drug-likeness (QED) is 0.130. The van der Waals surface area contributed by atoms with Gasteiger partial charge in [-0.05, 0) is 104 Å². The molecule has 0 aliphatic carbocycles. The third kappa shape index (κ3) is 7.03. The number of ether oxygens (including phenoxy) is 3. The molecule has 1 amide bonds. The average Bonchev–Trinajstić information content (AvgIpc) is 3.62. The molecule has 0 aliphatic rings. The van der Waals surface area contributed by atoms with Crippen molar-refractivity contribution in [2.45, 2.75) is 27.1 Å². The second-order valence-electron chi connectivity index (χ2n) is 9.52. The molecule has 0 radical (unpaired) electrons. The number of amides is 1. The first kappa shape index (κ1) is 28.6. The van der Waals surface area contributed by atoms with Crippen LogP contribution in [0.5, 0.6) is 17.2 Å². The van der Waals surface area contributed by atoms with Gasteiger partial charge in [0.2, 0.25) is 0 Å². The summed E-state index contributed by atoms with van der Waals surface area (Å²) in [5.41, 5.74) is 7.57. The lowest BCUT2D eigenvalue weighted by atomic mass is 10.2. The van der Waals surface area contributed by atoms with Gasteiger partial charge in [-0.15, -0.1) is 0 Å². The average molecular weight is 584 g/mol. The number of hydrogen-bond acceptors (Lipinski definition) is 6. The summed E-state index contributed by atoms with van der Waals surface area (Å²) in [6, 6.07) is 28.1. The van der Waals surface area contributed by atoms with Crippen molar-refractivity contribution < 1.29 is 23.4 Å². The molecule has 5 aromatic rings. The summed E-state index contributed by atoms with van der Waals surface area (Å²) in [5.74, 6) is 1.99. The number of benzene rings is 3. The highest BCUT2D eigenvalue weighted by molar-refractivity contribution is 6.30. The largest absolute Gasteiger partial charge is 0.493 e. The molecule has 0 saturated carbocycles. The zero-order valence-electron chi connectivity index (χ0n) is 23.5. The first-order valence-corrected chi connectivity index (χ1v) is 13.6. The molecular formula is C33H30ClN3O5. The zero-order valence-corrected chi connectivity index (χ0v) is 24.2. The lowest BCUT2D eigenvalue weighted by molar-refractivity contribution is 0.0923. The second-order valence-corrected chi connectivity index (χ2v) is 9.96. The van der Waals surface area contributed by atoms with Gasteiger partial charge in [-0.3, -0.25) is 4.79 Å². The summed E-state index contributed by atoms with van der Waals surface area (Å²) in [6.07, 6.45) is 1.51. The summed E-state index contributed by atoms with van der Waals surface area (Å²) in [5, 5.41) is 4.71. The van der Waals surface area contributed by atoms with Crippen molar-refractivity contribution in [2.24, 2.45) is 5.10 Å². The maximum Gasteiger partial charge on any atom is 0.307 e. The third-order valence-corrected chi connectivity index (χ3v) is 6.76. The van der Waals surface area contributed by atoms with E-state index in [1.165, 1.54) is 17.6 Å². The number of rotatable bonds is 11. The summed E-state index contributed by atoms with van der Waals surface area (Å²) in [4.78, 5) is 12.5. The number of furan rings is 1. The highest BCUT2D eigenvalue weighted by Crippen LogP contribution is 2.28. The standard InChI is InChI=1S/C33H30ClN3O5/c1-22-4-5-23(2)37(22)27-11-13-28(14-12-27)40-21-29-15-17-31(42-29)33(38)36-35-19-25-8-16-30(32(18-25)39-3)41-20-24-6-9-26(34)10-7-24/h4-19H,20-21H2,1-3H3,(H,36,38). The van der Waals surface area contributed by atoms with Gasteiger partial charge in [0, 0.05) is 22.1 Å². The van der Waals surface area contributed by atoms with Crippen LogP contribution in [0.25, 0.3) is 5.69 Å². The second kappa shape index (κ2) is 13.1. The van der Waals surface area contributed by atoms with E-state index in [0.29, 0.717) is 40.2 Å². The van der Waals surface area contributed by atoms with Crippen LogP contribution in [0.1, 0.15) is 38.8 Å². The Morgan fingerprint density at radius 3 is 2.33 bits per heavy atom. The monoisotopic (exact) mass is 583 g/mol. The Balaban J connectivity index is 1.12. The molecule has 1 N–H and O–H groups in total. The van der Waals surface area contributed by atoms with E-state index in [9.17, 15) is 4.79 Å². The van der Waals surface area contributed by atoms with Gasteiger partial charge in [0.25, 0.3) is 0 Å². The molecule has 8 nitrogen and oxygen atoms in total. The Morgan fingerprint density at radius 2 is 1.62 bits per heavy atom. The fourth-order valence-corrected chi connectivity index (χ4v) is 4.47. The predicted molar refractivity (Wildman–Crippen MR) is 162 cm³/mol. The first-order valence-electron chi connectivity index (χ1n) is 13.2. The van der Waals surface area contributed by atoms with Gasteiger partial charge in [0.05, 0.1) is 13.3 Å². The van der Waals surface area contributed by atoms with Crippen LogP contribution in [0.3, 0.4) is 0 Å².